The first-order valence-electron chi connectivity index (χ1n) is 10.8. The van der Waals surface area contributed by atoms with Gasteiger partial charge in [0, 0.05) is 11.1 Å². The topological polar surface area (TPSA) is 151 Å². The molecule has 11 heteroatoms. The fourth-order valence-electron chi connectivity index (χ4n) is 3.93. The highest BCUT2D eigenvalue weighted by Crippen LogP contribution is 2.30. The van der Waals surface area contributed by atoms with Crippen molar-refractivity contribution in [1.29, 1.82) is 0 Å². The standard InChI is InChI=1S/C24H21N5O6/c30-16-11-35-24(19(32)18(16)31)28-13-27-17-20(28)25-12-26-21(17)29(22(33)14-7-3-1-4-8-14)23(34)15-9-5-2-6-10-15/h1-10,12-13,16,18-19,24,30-32H,11H2. The third-order valence-electron chi connectivity index (χ3n) is 5.75. The second kappa shape index (κ2) is 9.31. The van der Waals surface area contributed by atoms with Crippen molar-refractivity contribution in [2.75, 3.05) is 11.5 Å². The number of aliphatic hydroxyl groups excluding tert-OH is 3. The van der Waals surface area contributed by atoms with Gasteiger partial charge in [-0.1, -0.05) is 36.4 Å². The third-order valence-corrected chi connectivity index (χ3v) is 5.75. The lowest BCUT2D eigenvalue weighted by molar-refractivity contribution is -0.210. The molecule has 178 valence electrons. The lowest BCUT2D eigenvalue weighted by Gasteiger charge is -2.35. The van der Waals surface area contributed by atoms with Gasteiger partial charge >= 0.3 is 0 Å². The first-order valence-corrected chi connectivity index (χ1v) is 10.8. The Labute approximate surface area is 198 Å². The Morgan fingerprint density at radius 1 is 0.857 bits per heavy atom. The van der Waals surface area contributed by atoms with Gasteiger partial charge < -0.3 is 20.1 Å². The van der Waals surface area contributed by atoms with Crippen LogP contribution in [-0.4, -0.2) is 71.6 Å². The molecule has 1 fully saturated rings. The van der Waals surface area contributed by atoms with E-state index in [4.69, 9.17) is 4.74 Å². The summed E-state index contributed by atoms with van der Waals surface area (Å²) in [5.74, 6) is -1.27. The van der Waals surface area contributed by atoms with Crippen molar-refractivity contribution < 1.29 is 29.6 Å². The predicted octanol–water partition coefficient (Wildman–Crippen LogP) is 0.925. The second-order valence-electron chi connectivity index (χ2n) is 7.97. The number of rotatable bonds is 4. The molecule has 4 atom stereocenters. The molecule has 0 spiro atoms. The molecule has 0 saturated carbocycles. The van der Waals surface area contributed by atoms with Crippen molar-refractivity contribution in [3.8, 4) is 0 Å². The predicted molar refractivity (Wildman–Crippen MR) is 122 cm³/mol. The fraction of sp³-hybridized carbons (Fsp3) is 0.208. The number of hydrogen-bond donors (Lipinski definition) is 3. The molecule has 2 amide bonds. The van der Waals surface area contributed by atoms with Crippen LogP contribution in [0.5, 0.6) is 0 Å². The maximum atomic E-state index is 13.5. The maximum absolute atomic E-state index is 13.5. The highest BCUT2D eigenvalue weighted by Gasteiger charge is 2.40. The lowest BCUT2D eigenvalue weighted by atomic mass is 10.0. The van der Waals surface area contributed by atoms with E-state index in [0.717, 1.165) is 4.90 Å². The number of aromatic nitrogens is 4. The minimum absolute atomic E-state index is 0.0534. The van der Waals surface area contributed by atoms with Crippen molar-refractivity contribution in [2.45, 2.75) is 24.5 Å². The summed E-state index contributed by atoms with van der Waals surface area (Å²) in [6.45, 7) is -0.217. The number of amides is 2. The van der Waals surface area contributed by atoms with Gasteiger partial charge in [-0.25, -0.2) is 19.9 Å². The van der Waals surface area contributed by atoms with Crippen LogP contribution in [0.2, 0.25) is 0 Å². The Hall–Kier alpha value is -4.03. The third kappa shape index (κ3) is 4.06. The monoisotopic (exact) mass is 475 g/mol. The van der Waals surface area contributed by atoms with Gasteiger partial charge in [-0.3, -0.25) is 14.2 Å². The van der Waals surface area contributed by atoms with E-state index in [1.165, 1.54) is 17.2 Å². The van der Waals surface area contributed by atoms with Gasteiger partial charge in [0.25, 0.3) is 11.8 Å². The van der Waals surface area contributed by atoms with Crippen molar-refractivity contribution >= 4 is 28.8 Å². The molecule has 11 nitrogen and oxygen atoms in total. The fourth-order valence-corrected chi connectivity index (χ4v) is 3.93. The lowest BCUT2D eigenvalue weighted by Crippen LogP contribution is -2.50. The highest BCUT2D eigenvalue weighted by atomic mass is 16.5. The second-order valence-corrected chi connectivity index (χ2v) is 7.97. The van der Waals surface area contributed by atoms with Crippen LogP contribution in [0.1, 0.15) is 26.9 Å². The molecule has 3 N–H and O–H groups in total. The van der Waals surface area contributed by atoms with Crippen LogP contribution >= 0.6 is 0 Å². The number of imidazole rings is 1. The molecule has 4 unspecified atom stereocenters. The number of nitrogens with zero attached hydrogens (tertiary/aromatic N) is 5. The number of ether oxygens (including phenoxy) is 1. The molecule has 3 heterocycles. The zero-order chi connectivity index (χ0) is 24.5. The molecule has 0 radical (unpaired) electrons. The van der Waals surface area contributed by atoms with E-state index >= 15 is 0 Å². The zero-order valence-corrected chi connectivity index (χ0v) is 18.2. The summed E-state index contributed by atoms with van der Waals surface area (Å²) in [6, 6.07) is 16.6. The van der Waals surface area contributed by atoms with Gasteiger partial charge in [-0.2, -0.15) is 0 Å². The average molecular weight is 475 g/mol. The van der Waals surface area contributed by atoms with Crippen LogP contribution in [0, 0.1) is 0 Å². The summed E-state index contributed by atoms with van der Waals surface area (Å²) >= 11 is 0. The molecule has 5 rings (SSSR count). The molecule has 1 aliphatic heterocycles. The van der Waals surface area contributed by atoms with E-state index in [1.54, 1.807) is 60.7 Å². The largest absolute Gasteiger partial charge is 0.388 e. The number of anilines is 1. The van der Waals surface area contributed by atoms with E-state index in [9.17, 15) is 24.9 Å². The molecule has 0 aliphatic carbocycles. The SMILES string of the molecule is O=C(c1ccccc1)N(C(=O)c1ccccc1)c1ncnc2c1ncn2C1OCC(O)C(O)C1O. The quantitative estimate of drug-likeness (QED) is 0.366. The molecule has 2 aromatic carbocycles. The van der Waals surface area contributed by atoms with Crippen LogP contribution in [0.25, 0.3) is 11.2 Å². The summed E-state index contributed by atoms with van der Waals surface area (Å²) in [6.07, 6.45) is -2.79. The van der Waals surface area contributed by atoms with Crippen molar-refractivity contribution in [3.05, 3.63) is 84.4 Å². The van der Waals surface area contributed by atoms with Crippen LogP contribution in [0.15, 0.2) is 73.3 Å². The summed E-state index contributed by atoms with van der Waals surface area (Å²) in [5.41, 5.74) is 0.809. The number of imide groups is 1. The van der Waals surface area contributed by atoms with Gasteiger partial charge in [0.15, 0.2) is 23.2 Å². The normalized spacial score (nSPS) is 22.1. The summed E-state index contributed by atoms with van der Waals surface area (Å²) in [5, 5.41) is 30.3. The first-order chi connectivity index (χ1) is 17.0. The number of benzene rings is 2. The minimum atomic E-state index is -1.47. The van der Waals surface area contributed by atoms with Crippen LogP contribution < -0.4 is 4.90 Å². The molecule has 0 bridgehead atoms. The number of carbonyl (C=O) groups is 2. The zero-order valence-electron chi connectivity index (χ0n) is 18.2. The Morgan fingerprint density at radius 2 is 1.46 bits per heavy atom. The van der Waals surface area contributed by atoms with E-state index in [1.807, 2.05) is 0 Å². The molecule has 1 saturated heterocycles. The number of hydrogen-bond acceptors (Lipinski definition) is 9. The molecular weight excluding hydrogens is 454 g/mol. The van der Waals surface area contributed by atoms with E-state index in [-0.39, 0.29) is 34.7 Å². The van der Waals surface area contributed by atoms with Gasteiger partial charge in [0.05, 0.1) is 12.9 Å². The van der Waals surface area contributed by atoms with Crippen molar-refractivity contribution in [3.63, 3.8) is 0 Å². The van der Waals surface area contributed by atoms with Crippen LogP contribution in [0.4, 0.5) is 5.82 Å². The van der Waals surface area contributed by atoms with Gasteiger partial charge in [-0.15, -0.1) is 0 Å². The van der Waals surface area contributed by atoms with Gasteiger partial charge in [-0.05, 0) is 24.3 Å². The Bertz CT molecular complexity index is 1310. The maximum Gasteiger partial charge on any atom is 0.266 e. The summed E-state index contributed by atoms with van der Waals surface area (Å²) in [7, 11) is 0. The van der Waals surface area contributed by atoms with E-state index in [0.29, 0.717) is 0 Å². The van der Waals surface area contributed by atoms with Gasteiger partial charge in [0.2, 0.25) is 0 Å². The van der Waals surface area contributed by atoms with Crippen LogP contribution in [0.3, 0.4) is 0 Å². The van der Waals surface area contributed by atoms with Crippen molar-refractivity contribution in [1.82, 2.24) is 19.5 Å². The number of aliphatic hydroxyl groups is 3. The molecule has 2 aromatic heterocycles. The molecular formula is C24H21N5O6. The first kappa shape index (κ1) is 22.7. The number of fused-ring (bicyclic) bond motifs is 1. The van der Waals surface area contributed by atoms with Crippen LogP contribution in [-0.2, 0) is 4.74 Å². The molecule has 4 aromatic rings. The van der Waals surface area contributed by atoms with E-state index < -0.39 is 36.4 Å². The Morgan fingerprint density at radius 3 is 2.06 bits per heavy atom. The average Bonchev–Trinajstić information content (AvgIpc) is 3.33. The van der Waals surface area contributed by atoms with Gasteiger partial charge in [0.1, 0.15) is 24.6 Å². The highest BCUT2D eigenvalue weighted by molar-refractivity contribution is 6.27. The molecule has 35 heavy (non-hydrogen) atoms. The summed E-state index contributed by atoms with van der Waals surface area (Å²) in [4.78, 5) is 40.7. The number of carbonyl (C=O) groups excluding carboxylic acids is 2. The Kier molecular flexibility index (Phi) is 6.05. The van der Waals surface area contributed by atoms with E-state index in [2.05, 4.69) is 15.0 Å². The minimum Gasteiger partial charge on any atom is -0.388 e. The van der Waals surface area contributed by atoms with Crippen molar-refractivity contribution in [2.24, 2.45) is 0 Å². The smallest absolute Gasteiger partial charge is 0.266 e. The Balaban J connectivity index is 1.62. The summed E-state index contributed by atoms with van der Waals surface area (Å²) < 4.78 is 6.87. The molecule has 1 aliphatic rings.